The fourth-order valence-corrected chi connectivity index (χ4v) is 4.34. The van der Waals surface area contributed by atoms with Crippen molar-refractivity contribution in [3.8, 4) is 0 Å². The molecule has 0 aliphatic carbocycles. The van der Waals surface area contributed by atoms with Gasteiger partial charge in [-0.2, -0.15) is 0 Å². The predicted molar refractivity (Wildman–Crippen MR) is 95.6 cm³/mol. The first-order valence-corrected chi connectivity index (χ1v) is 10.2. The molecule has 1 aromatic carbocycles. The van der Waals surface area contributed by atoms with Crippen molar-refractivity contribution in [1.29, 1.82) is 0 Å². The molecular weight excluding hydrogens is 358 g/mol. The highest BCUT2D eigenvalue weighted by Gasteiger charge is 2.29. The third kappa shape index (κ3) is 5.94. The first-order chi connectivity index (χ1) is 12.2. The number of carbonyl (C=O) groups is 3. The van der Waals surface area contributed by atoms with E-state index < -0.39 is 34.4 Å². The van der Waals surface area contributed by atoms with Gasteiger partial charge in [0, 0.05) is 18.0 Å². The largest absolute Gasteiger partial charge is 0.456 e. The summed E-state index contributed by atoms with van der Waals surface area (Å²) < 4.78 is 27.5. The molecule has 0 saturated carbocycles. The highest BCUT2D eigenvalue weighted by Crippen LogP contribution is 2.13. The number of sulfone groups is 1. The molecule has 1 amide bonds. The van der Waals surface area contributed by atoms with Crippen molar-refractivity contribution in [3.63, 3.8) is 0 Å². The van der Waals surface area contributed by atoms with Crippen LogP contribution in [-0.2, 0) is 24.2 Å². The maximum absolute atomic E-state index is 12.1. The second-order valence-electron chi connectivity index (χ2n) is 6.55. The third-order valence-electron chi connectivity index (χ3n) is 4.35. The van der Waals surface area contributed by atoms with Crippen molar-refractivity contribution < 1.29 is 27.5 Å². The number of Topliss-reactive ketones (excluding diaryl/α,β-unsaturated/α-hetero) is 1. The molecule has 1 atom stereocenters. The van der Waals surface area contributed by atoms with Crippen molar-refractivity contribution in [2.45, 2.75) is 39.2 Å². The first-order valence-electron chi connectivity index (χ1n) is 8.42. The van der Waals surface area contributed by atoms with Gasteiger partial charge in [0.2, 0.25) is 0 Å². The van der Waals surface area contributed by atoms with Gasteiger partial charge in [-0.3, -0.25) is 14.4 Å². The maximum Gasteiger partial charge on any atom is 0.306 e. The molecule has 1 heterocycles. The van der Waals surface area contributed by atoms with Gasteiger partial charge in [0.25, 0.3) is 5.91 Å². The summed E-state index contributed by atoms with van der Waals surface area (Å²) in [6.45, 7) is 3.38. The van der Waals surface area contributed by atoms with Crippen molar-refractivity contribution in [1.82, 2.24) is 5.32 Å². The lowest BCUT2D eigenvalue weighted by Crippen LogP contribution is -2.38. The summed E-state index contributed by atoms with van der Waals surface area (Å²) in [5.74, 6) is -1.38. The fourth-order valence-electron chi connectivity index (χ4n) is 2.67. The van der Waals surface area contributed by atoms with E-state index >= 15 is 0 Å². The molecule has 1 aromatic rings. The van der Waals surface area contributed by atoms with E-state index in [4.69, 9.17) is 4.74 Å². The molecule has 1 aliphatic heterocycles. The van der Waals surface area contributed by atoms with Crippen LogP contribution in [0.4, 0.5) is 0 Å². The van der Waals surface area contributed by atoms with Crippen LogP contribution in [0.2, 0.25) is 0 Å². The number of hydrogen-bond acceptors (Lipinski definition) is 6. The average Bonchev–Trinajstić information content (AvgIpc) is 2.91. The molecule has 0 aromatic heterocycles. The van der Waals surface area contributed by atoms with Gasteiger partial charge >= 0.3 is 5.97 Å². The van der Waals surface area contributed by atoms with Crippen molar-refractivity contribution in [2.24, 2.45) is 0 Å². The minimum atomic E-state index is -3.08. The lowest BCUT2D eigenvalue weighted by molar-refractivity contribution is -0.148. The summed E-state index contributed by atoms with van der Waals surface area (Å²) >= 11 is 0. The fraction of sp³-hybridized carbons (Fsp3) is 0.500. The minimum Gasteiger partial charge on any atom is -0.456 e. The number of hydrogen-bond donors (Lipinski definition) is 1. The average molecular weight is 381 g/mol. The van der Waals surface area contributed by atoms with Gasteiger partial charge in [0.15, 0.2) is 22.2 Å². The van der Waals surface area contributed by atoms with Crippen molar-refractivity contribution in [2.75, 3.05) is 18.1 Å². The van der Waals surface area contributed by atoms with Gasteiger partial charge in [0.05, 0.1) is 17.9 Å². The van der Waals surface area contributed by atoms with E-state index in [0.29, 0.717) is 12.0 Å². The molecule has 142 valence electrons. The molecule has 1 saturated heterocycles. The molecule has 1 fully saturated rings. The molecule has 7 nitrogen and oxygen atoms in total. The SMILES string of the molecule is Cc1ccc(C(=O)CCC(=O)OCC(=O)N[C@H]2CCS(=O)(=O)C2)cc1C. The van der Waals surface area contributed by atoms with Crippen LogP contribution in [0.3, 0.4) is 0 Å². The van der Waals surface area contributed by atoms with Crippen LogP contribution in [-0.4, -0.2) is 50.2 Å². The lowest BCUT2D eigenvalue weighted by Gasteiger charge is -2.11. The van der Waals surface area contributed by atoms with Gasteiger partial charge in [-0.15, -0.1) is 0 Å². The molecule has 1 aliphatic rings. The topological polar surface area (TPSA) is 107 Å². The third-order valence-corrected chi connectivity index (χ3v) is 6.11. The Kier molecular flexibility index (Phi) is 6.52. The Labute approximate surface area is 153 Å². The molecule has 0 radical (unpaired) electrons. The number of nitrogens with one attached hydrogen (secondary N) is 1. The summed E-state index contributed by atoms with van der Waals surface area (Å²) in [6.07, 6.45) is 0.257. The van der Waals surface area contributed by atoms with E-state index in [-0.39, 0.29) is 30.1 Å². The predicted octanol–water partition coefficient (Wildman–Crippen LogP) is 1.11. The molecule has 2 rings (SSSR count). The van der Waals surface area contributed by atoms with Crippen LogP contribution in [0.15, 0.2) is 18.2 Å². The lowest BCUT2D eigenvalue weighted by atomic mass is 10.0. The number of amides is 1. The molecule has 0 bridgehead atoms. The zero-order valence-electron chi connectivity index (χ0n) is 14.9. The first kappa shape index (κ1) is 20.1. The highest BCUT2D eigenvalue weighted by atomic mass is 32.2. The minimum absolute atomic E-state index is 0.00379. The van der Waals surface area contributed by atoms with E-state index in [2.05, 4.69) is 5.32 Å². The maximum atomic E-state index is 12.1. The Morgan fingerprint density at radius 1 is 1.15 bits per heavy atom. The number of esters is 1. The summed E-state index contributed by atoms with van der Waals surface area (Å²) in [5.41, 5.74) is 2.63. The monoisotopic (exact) mass is 381 g/mol. The highest BCUT2D eigenvalue weighted by molar-refractivity contribution is 7.91. The number of rotatable bonds is 7. The van der Waals surface area contributed by atoms with E-state index in [9.17, 15) is 22.8 Å². The Balaban J connectivity index is 1.70. The van der Waals surface area contributed by atoms with Crippen LogP contribution < -0.4 is 5.32 Å². The van der Waals surface area contributed by atoms with Crippen LogP contribution >= 0.6 is 0 Å². The number of benzene rings is 1. The molecule has 0 spiro atoms. The number of ether oxygens (including phenoxy) is 1. The van der Waals surface area contributed by atoms with Gasteiger partial charge in [-0.1, -0.05) is 12.1 Å². The van der Waals surface area contributed by atoms with Gasteiger partial charge < -0.3 is 10.1 Å². The Hall–Kier alpha value is -2.22. The van der Waals surface area contributed by atoms with E-state index in [1.165, 1.54) is 0 Å². The van der Waals surface area contributed by atoms with Gasteiger partial charge in [-0.05, 0) is 37.5 Å². The summed E-state index contributed by atoms with van der Waals surface area (Å²) in [5, 5.41) is 2.53. The molecule has 8 heteroatoms. The van der Waals surface area contributed by atoms with Gasteiger partial charge in [0.1, 0.15) is 0 Å². The Bertz CT molecular complexity index is 815. The second kappa shape index (κ2) is 8.44. The summed E-state index contributed by atoms with van der Waals surface area (Å²) in [4.78, 5) is 35.5. The van der Waals surface area contributed by atoms with Crippen molar-refractivity contribution in [3.05, 3.63) is 34.9 Å². The molecule has 0 unspecified atom stereocenters. The smallest absolute Gasteiger partial charge is 0.306 e. The van der Waals surface area contributed by atoms with E-state index in [1.54, 1.807) is 12.1 Å². The summed E-state index contributed by atoms with van der Waals surface area (Å²) in [7, 11) is -3.08. The number of aryl methyl sites for hydroxylation is 2. The zero-order valence-corrected chi connectivity index (χ0v) is 15.7. The van der Waals surface area contributed by atoms with E-state index in [0.717, 1.165) is 11.1 Å². The van der Waals surface area contributed by atoms with Crippen LogP contribution in [0.1, 0.15) is 40.7 Å². The van der Waals surface area contributed by atoms with E-state index in [1.807, 2.05) is 19.9 Å². The molecule has 26 heavy (non-hydrogen) atoms. The zero-order chi connectivity index (χ0) is 19.3. The van der Waals surface area contributed by atoms with Crippen LogP contribution in [0.5, 0.6) is 0 Å². The quantitative estimate of drug-likeness (QED) is 0.560. The van der Waals surface area contributed by atoms with Gasteiger partial charge in [-0.25, -0.2) is 8.42 Å². The van der Waals surface area contributed by atoms with Crippen LogP contribution in [0, 0.1) is 13.8 Å². The standard InChI is InChI=1S/C18H23NO6S/c1-12-3-4-14(9-13(12)2)16(20)5-6-18(22)25-10-17(21)19-15-7-8-26(23,24)11-15/h3-4,9,15H,5-8,10-11H2,1-2H3,(H,19,21)/t15-/m0/s1. The normalized spacial score (nSPS) is 18.3. The second-order valence-corrected chi connectivity index (χ2v) is 8.78. The van der Waals surface area contributed by atoms with Crippen LogP contribution in [0.25, 0.3) is 0 Å². The van der Waals surface area contributed by atoms with Crippen molar-refractivity contribution >= 4 is 27.5 Å². The molecular formula is C18H23NO6S. The number of carbonyl (C=O) groups excluding carboxylic acids is 3. The molecule has 1 N–H and O–H groups in total. The Morgan fingerprint density at radius 3 is 2.50 bits per heavy atom. The summed E-state index contributed by atoms with van der Waals surface area (Å²) in [6, 6.07) is 4.93. The Morgan fingerprint density at radius 2 is 1.88 bits per heavy atom. The number of ketones is 1.